The van der Waals surface area contributed by atoms with Crippen molar-refractivity contribution in [3.8, 4) is 0 Å². The maximum atomic E-state index is 12.3. The van der Waals surface area contributed by atoms with Gasteiger partial charge >= 0.3 is 0 Å². The number of amides is 1. The SMILES string of the molecule is CC(C)N(CC1CCCNC1)C(=O)c1csnn1. The summed E-state index contributed by atoms with van der Waals surface area (Å²) < 4.78 is 3.76. The highest BCUT2D eigenvalue weighted by Crippen LogP contribution is 2.15. The first-order valence-corrected chi connectivity index (χ1v) is 7.31. The minimum absolute atomic E-state index is 0.00400. The van der Waals surface area contributed by atoms with Gasteiger partial charge in [0, 0.05) is 18.0 Å². The molecule has 1 saturated heterocycles. The van der Waals surface area contributed by atoms with Crippen molar-refractivity contribution < 1.29 is 4.79 Å². The molecule has 2 heterocycles. The van der Waals surface area contributed by atoms with E-state index in [1.165, 1.54) is 24.4 Å². The van der Waals surface area contributed by atoms with Gasteiger partial charge in [-0.3, -0.25) is 4.79 Å². The molecule has 1 aromatic rings. The third-order valence-corrected chi connectivity index (χ3v) is 3.82. The van der Waals surface area contributed by atoms with Gasteiger partial charge in [-0.25, -0.2) is 0 Å². The number of carbonyl (C=O) groups is 1. The van der Waals surface area contributed by atoms with E-state index in [1.54, 1.807) is 5.38 Å². The van der Waals surface area contributed by atoms with Crippen LogP contribution < -0.4 is 5.32 Å². The molecule has 0 spiro atoms. The maximum absolute atomic E-state index is 12.3. The van der Waals surface area contributed by atoms with Crippen LogP contribution in [0.15, 0.2) is 5.38 Å². The summed E-state index contributed by atoms with van der Waals surface area (Å²) in [6.07, 6.45) is 2.39. The zero-order valence-corrected chi connectivity index (χ0v) is 11.7. The lowest BCUT2D eigenvalue weighted by atomic mass is 9.98. The molecule has 0 aliphatic carbocycles. The second-order valence-electron chi connectivity index (χ2n) is 5.05. The number of aromatic nitrogens is 2. The summed E-state index contributed by atoms with van der Waals surface area (Å²) in [5, 5.41) is 8.98. The molecule has 1 aliphatic rings. The fourth-order valence-electron chi connectivity index (χ4n) is 2.29. The van der Waals surface area contributed by atoms with Crippen molar-refractivity contribution in [1.29, 1.82) is 0 Å². The molecule has 2 rings (SSSR count). The third kappa shape index (κ3) is 3.26. The Bertz CT molecular complexity index is 373. The number of hydrogen-bond acceptors (Lipinski definition) is 5. The van der Waals surface area contributed by atoms with Crippen LogP contribution in [0.2, 0.25) is 0 Å². The van der Waals surface area contributed by atoms with Gasteiger partial charge in [0.1, 0.15) is 0 Å². The van der Waals surface area contributed by atoms with Crippen molar-refractivity contribution in [3.05, 3.63) is 11.1 Å². The predicted molar refractivity (Wildman–Crippen MR) is 71.7 cm³/mol. The Morgan fingerprint density at radius 1 is 1.67 bits per heavy atom. The molecule has 1 amide bonds. The number of hydrogen-bond donors (Lipinski definition) is 1. The standard InChI is InChI=1S/C12H20N4OS/c1-9(2)16(7-10-4-3-5-13-6-10)12(17)11-8-18-15-14-11/h8-10,13H,3-7H2,1-2H3. The molecule has 6 heteroatoms. The van der Waals surface area contributed by atoms with Gasteiger partial charge in [0.05, 0.1) is 0 Å². The number of rotatable bonds is 4. The second-order valence-corrected chi connectivity index (χ2v) is 5.66. The molecule has 5 nitrogen and oxygen atoms in total. The molecule has 100 valence electrons. The van der Waals surface area contributed by atoms with E-state index in [0.717, 1.165) is 19.6 Å². The first kappa shape index (κ1) is 13.4. The van der Waals surface area contributed by atoms with Crippen molar-refractivity contribution in [1.82, 2.24) is 19.8 Å². The fraction of sp³-hybridized carbons (Fsp3) is 0.750. The first-order valence-electron chi connectivity index (χ1n) is 6.47. The van der Waals surface area contributed by atoms with Crippen molar-refractivity contribution >= 4 is 17.4 Å². The maximum Gasteiger partial charge on any atom is 0.275 e. The molecule has 0 bridgehead atoms. The average Bonchev–Trinajstić information content (AvgIpc) is 2.90. The molecule has 0 saturated carbocycles. The second kappa shape index (κ2) is 6.24. The third-order valence-electron chi connectivity index (χ3n) is 3.32. The lowest BCUT2D eigenvalue weighted by Gasteiger charge is -2.32. The topological polar surface area (TPSA) is 58.1 Å². The van der Waals surface area contributed by atoms with Crippen LogP contribution in [0.5, 0.6) is 0 Å². The van der Waals surface area contributed by atoms with Crippen LogP contribution in [-0.2, 0) is 0 Å². The Labute approximate surface area is 112 Å². The van der Waals surface area contributed by atoms with E-state index < -0.39 is 0 Å². The minimum Gasteiger partial charge on any atom is -0.334 e. The zero-order chi connectivity index (χ0) is 13.0. The quantitative estimate of drug-likeness (QED) is 0.896. The summed E-state index contributed by atoms with van der Waals surface area (Å²) in [5.41, 5.74) is 0.470. The van der Waals surface area contributed by atoms with Gasteiger partial charge < -0.3 is 10.2 Å². The van der Waals surface area contributed by atoms with E-state index in [0.29, 0.717) is 11.6 Å². The van der Waals surface area contributed by atoms with E-state index in [2.05, 4.69) is 14.9 Å². The smallest absolute Gasteiger partial charge is 0.275 e. The van der Waals surface area contributed by atoms with Crippen LogP contribution in [0.4, 0.5) is 0 Å². The summed E-state index contributed by atoms with van der Waals surface area (Å²) in [6, 6.07) is 0.195. The molecule has 0 aromatic carbocycles. The Morgan fingerprint density at radius 2 is 2.50 bits per heavy atom. The Hall–Kier alpha value is -1.01. The first-order chi connectivity index (χ1) is 8.68. The van der Waals surface area contributed by atoms with Crippen LogP contribution in [0.25, 0.3) is 0 Å². The number of nitrogens with one attached hydrogen (secondary N) is 1. The van der Waals surface area contributed by atoms with Crippen LogP contribution in [0.3, 0.4) is 0 Å². The predicted octanol–water partition coefficient (Wildman–Crippen LogP) is 1.39. The Balaban J connectivity index is 2.01. The van der Waals surface area contributed by atoms with Gasteiger partial charge in [-0.05, 0) is 57.2 Å². The van der Waals surface area contributed by atoms with Gasteiger partial charge in [-0.2, -0.15) is 0 Å². The molecule has 1 aromatic heterocycles. The molecule has 1 N–H and O–H groups in total. The van der Waals surface area contributed by atoms with Crippen molar-refractivity contribution in [2.75, 3.05) is 19.6 Å². The van der Waals surface area contributed by atoms with Gasteiger partial charge in [0.2, 0.25) is 0 Å². The normalized spacial score (nSPS) is 20.1. The van der Waals surface area contributed by atoms with Gasteiger partial charge in [-0.15, -0.1) is 5.10 Å². The highest BCUT2D eigenvalue weighted by molar-refractivity contribution is 7.03. The number of piperidine rings is 1. The van der Waals surface area contributed by atoms with Gasteiger partial charge in [-0.1, -0.05) is 4.49 Å². The van der Waals surface area contributed by atoms with Crippen molar-refractivity contribution in [2.45, 2.75) is 32.7 Å². The molecule has 1 unspecified atom stereocenters. The fourth-order valence-corrected chi connectivity index (χ4v) is 2.72. The van der Waals surface area contributed by atoms with E-state index in [-0.39, 0.29) is 11.9 Å². The number of carbonyl (C=O) groups excluding carboxylic acids is 1. The van der Waals surface area contributed by atoms with Crippen molar-refractivity contribution in [2.24, 2.45) is 5.92 Å². The van der Waals surface area contributed by atoms with E-state index in [1.807, 2.05) is 18.7 Å². The van der Waals surface area contributed by atoms with Gasteiger partial charge in [0.25, 0.3) is 5.91 Å². The lowest BCUT2D eigenvalue weighted by molar-refractivity contribution is 0.0655. The summed E-state index contributed by atoms with van der Waals surface area (Å²) in [6.45, 7) is 7.01. The lowest BCUT2D eigenvalue weighted by Crippen LogP contribution is -2.44. The summed E-state index contributed by atoms with van der Waals surface area (Å²) in [5.74, 6) is 0.556. The largest absolute Gasteiger partial charge is 0.334 e. The summed E-state index contributed by atoms with van der Waals surface area (Å²) in [7, 11) is 0. The van der Waals surface area contributed by atoms with Crippen LogP contribution in [0, 0.1) is 5.92 Å². The minimum atomic E-state index is 0.00400. The molecular weight excluding hydrogens is 248 g/mol. The molecular formula is C12H20N4OS. The molecule has 1 atom stereocenters. The van der Waals surface area contributed by atoms with E-state index in [4.69, 9.17) is 0 Å². The van der Waals surface area contributed by atoms with Crippen LogP contribution >= 0.6 is 11.5 Å². The van der Waals surface area contributed by atoms with Crippen LogP contribution in [0.1, 0.15) is 37.2 Å². The molecule has 1 fully saturated rings. The van der Waals surface area contributed by atoms with Crippen molar-refractivity contribution in [3.63, 3.8) is 0 Å². The van der Waals surface area contributed by atoms with Crippen LogP contribution in [-0.4, -0.2) is 46.1 Å². The molecule has 1 aliphatic heterocycles. The number of nitrogens with zero attached hydrogens (tertiary/aromatic N) is 3. The molecule has 18 heavy (non-hydrogen) atoms. The van der Waals surface area contributed by atoms with Gasteiger partial charge in [0.15, 0.2) is 5.69 Å². The summed E-state index contributed by atoms with van der Waals surface area (Å²) >= 11 is 1.22. The van der Waals surface area contributed by atoms with E-state index >= 15 is 0 Å². The Kier molecular flexibility index (Phi) is 4.66. The molecule has 0 radical (unpaired) electrons. The van der Waals surface area contributed by atoms with E-state index in [9.17, 15) is 4.79 Å². The Morgan fingerprint density at radius 3 is 3.06 bits per heavy atom. The monoisotopic (exact) mass is 268 g/mol. The highest BCUT2D eigenvalue weighted by Gasteiger charge is 2.25. The summed E-state index contributed by atoms with van der Waals surface area (Å²) in [4.78, 5) is 14.2. The average molecular weight is 268 g/mol. The zero-order valence-electron chi connectivity index (χ0n) is 10.9. The highest BCUT2D eigenvalue weighted by atomic mass is 32.1.